The molecule has 0 fully saturated rings. The van der Waals surface area contributed by atoms with Gasteiger partial charge in [0, 0.05) is 13.1 Å². The number of hydrogen-bond acceptors (Lipinski definition) is 2. The van der Waals surface area contributed by atoms with Crippen LogP contribution < -0.4 is 10.6 Å². The van der Waals surface area contributed by atoms with E-state index in [1.807, 2.05) is 0 Å². The topological polar surface area (TPSA) is 61.4 Å². The number of aliphatic hydroxyl groups excluding tert-OH is 1. The Labute approximate surface area is 113 Å². The van der Waals surface area contributed by atoms with Crippen molar-refractivity contribution < 1.29 is 14.3 Å². The number of unbranched alkanes of at least 4 members (excludes halogenated alkanes) is 2. The predicted molar refractivity (Wildman–Crippen MR) is 72.3 cm³/mol. The third-order valence-electron chi connectivity index (χ3n) is 2.76. The van der Waals surface area contributed by atoms with Crippen molar-refractivity contribution in [3.63, 3.8) is 0 Å². The lowest BCUT2D eigenvalue weighted by atomic mass is 10.1. The van der Waals surface area contributed by atoms with Crippen LogP contribution in [0.25, 0.3) is 0 Å². The van der Waals surface area contributed by atoms with Crippen molar-refractivity contribution in [1.29, 1.82) is 0 Å². The Balaban J connectivity index is 2.26. The van der Waals surface area contributed by atoms with Crippen LogP contribution >= 0.6 is 0 Å². The van der Waals surface area contributed by atoms with Crippen molar-refractivity contribution in [1.82, 2.24) is 10.6 Å². The van der Waals surface area contributed by atoms with Crippen LogP contribution in [0.15, 0.2) is 24.3 Å². The molecule has 0 spiro atoms. The van der Waals surface area contributed by atoms with Crippen molar-refractivity contribution in [2.75, 3.05) is 13.1 Å². The first-order chi connectivity index (χ1) is 9.13. The third kappa shape index (κ3) is 6.20. The van der Waals surface area contributed by atoms with Crippen LogP contribution in [0.4, 0.5) is 9.18 Å². The maximum Gasteiger partial charge on any atom is 0.314 e. The normalized spacial score (nSPS) is 11.9. The molecule has 0 saturated heterocycles. The average Bonchev–Trinajstić information content (AvgIpc) is 2.41. The van der Waals surface area contributed by atoms with Gasteiger partial charge in [-0.1, -0.05) is 31.9 Å². The summed E-state index contributed by atoms with van der Waals surface area (Å²) in [6, 6.07) is 5.40. The lowest BCUT2D eigenvalue weighted by Gasteiger charge is -2.13. The maximum absolute atomic E-state index is 13.0. The molecule has 0 saturated carbocycles. The van der Waals surface area contributed by atoms with E-state index in [1.54, 1.807) is 6.07 Å². The van der Waals surface area contributed by atoms with Crippen LogP contribution in [0.1, 0.15) is 37.9 Å². The second kappa shape index (κ2) is 8.48. The minimum atomic E-state index is -0.905. The van der Waals surface area contributed by atoms with Crippen LogP contribution in [0, 0.1) is 5.82 Å². The zero-order valence-electron chi connectivity index (χ0n) is 11.2. The van der Waals surface area contributed by atoms with E-state index in [1.165, 1.54) is 18.2 Å². The molecule has 4 nitrogen and oxygen atoms in total. The maximum atomic E-state index is 13.0. The van der Waals surface area contributed by atoms with Crippen LogP contribution in [-0.4, -0.2) is 24.2 Å². The Kier molecular flexibility index (Phi) is 6.89. The third-order valence-corrected chi connectivity index (χ3v) is 2.76. The van der Waals surface area contributed by atoms with Gasteiger partial charge in [-0.25, -0.2) is 9.18 Å². The molecule has 106 valence electrons. The SMILES string of the molecule is CCCCCNC(=O)NC[C@@H](O)c1cccc(F)c1. The number of rotatable bonds is 7. The highest BCUT2D eigenvalue weighted by Crippen LogP contribution is 2.12. The van der Waals surface area contributed by atoms with E-state index in [0.717, 1.165) is 19.3 Å². The molecular weight excluding hydrogens is 247 g/mol. The van der Waals surface area contributed by atoms with Crippen molar-refractivity contribution in [2.45, 2.75) is 32.3 Å². The molecule has 2 amide bonds. The number of benzene rings is 1. The largest absolute Gasteiger partial charge is 0.387 e. The number of nitrogens with one attached hydrogen (secondary N) is 2. The van der Waals surface area contributed by atoms with Gasteiger partial charge in [-0.05, 0) is 24.1 Å². The zero-order chi connectivity index (χ0) is 14.1. The van der Waals surface area contributed by atoms with E-state index in [-0.39, 0.29) is 12.6 Å². The molecule has 5 heteroatoms. The minimum absolute atomic E-state index is 0.0586. The second-order valence-electron chi connectivity index (χ2n) is 4.41. The number of aliphatic hydroxyl groups is 1. The summed E-state index contributed by atoms with van der Waals surface area (Å²) in [4.78, 5) is 11.4. The zero-order valence-corrected chi connectivity index (χ0v) is 11.2. The highest BCUT2D eigenvalue weighted by Gasteiger charge is 2.09. The molecule has 3 N–H and O–H groups in total. The predicted octanol–water partition coefficient (Wildman–Crippen LogP) is 2.35. The van der Waals surface area contributed by atoms with E-state index < -0.39 is 11.9 Å². The lowest BCUT2D eigenvalue weighted by Crippen LogP contribution is -2.38. The van der Waals surface area contributed by atoms with Gasteiger partial charge in [0.1, 0.15) is 5.82 Å². The van der Waals surface area contributed by atoms with E-state index in [9.17, 15) is 14.3 Å². The minimum Gasteiger partial charge on any atom is -0.387 e. The first-order valence-corrected chi connectivity index (χ1v) is 6.58. The molecule has 0 heterocycles. The molecule has 1 rings (SSSR count). The lowest BCUT2D eigenvalue weighted by molar-refractivity contribution is 0.172. The average molecular weight is 268 g/mol. The molecule has 0 aromatic heterocycles. The van der Waals surface area contributed by atoms with E-state index in [4.69, 9.17) is 0 Å². The fourth-order valence-electron chi connectivity index (χ4n) is 1.66. The van der Waals surface area contributed by atoms with Gasteiger partial charge in [0.15, 0.2) is 0 Å². The van der Waals surface area contributed by atoms with Crippen molar-refractivity contribution in [3.8, 4) is 0 Å². The molecule has 1 aromatic carbocycles. The summed E-state index contributed by atoms with van der Waals surface area (Å²) >= 11 is 0. The molecule has 19 heavy (non-hydrogen) atoms. The van der Waals surface area contributed by atoms with Crippen molar-refractivity contribution in [3.05, 3.63) is 35.6 Å². The van der Waals surface area contributed by atoms with Gasteiger partial charge in [-0.15, -0.1) is 0 Å². The first-order valence-electron chi connectivity index (χ1n) is 6.58. The van der Waals surface area contributed by atoms with Gasteiger partial charge >= 0.3 is 6.03 Å². The first kappa shape index (κ1) is 15.4. The summed E-state index contributed by atoms with van der Waals surface area (Å²) in [5, 5.41) is 15.0. The summed E-state index contributed by atoms with van der Waals surface area (Å²) in [5.74, 6) is -0.402. The second-order valence-corrected chi connectivity index (χ2v) is 4.41. The molecular formula is C14H21FN2O2. The summed E-state index contributed by atoms with van der Waals surface area (Å²) in [7, 11) is 0. The molecule has 0 radical (unpaired) electrons. The molecule has 0 unspecified atom stereocenters. The van der Waals surface area contributed by atoms with Gasteiger partial charge in [-0.2, -0.15) is 0 Å². The monoisotopic (exact) mass is 268 g/mol. The van der Waals surface area contributed by atoms with E-state index in [2.05, 4.69) is 17.6 Å². The number of urea groups is 1. The highest BCUT2D eigenvalue weighted by atomic mass is 19.1. The van der Waals surface area contributed by atoms with Crippen LogP contribution in [-0.2, 0) is 0 Å². The molecule has 0 aliphatic rings. The van der Waals surface area contributed by atoms with Gasteiger partial charge in [0.25, 0.3) is 0 Å². The fraction of sp³-hybridized carbons (Fsp3) is 0.500. The van der Waals surface area contributed by atoms with Crippen molar-refractivity contribution in [2.24, 2.45) is 0 Å². The number of carbonyl (C=O) groups is 1. The van der Waals surface area contributed by atoms with Gasteiger partial charge in [0.2, 0.25) is 0 Å². The molecule has 0 bridgehead atoms. The number of hydrogen-bond donors (Lipinski definition) is 3. The van der Waals surface area contributed by atoms with Gasteiger partial charge in [-0.3, -0.25) is 0 Å². The quantitative estimate of drug-likeness (QED) is 0.665. The highest BCUT2D eigenvalue weighted by molar-refractivity contribution is 5.73. The standard InChI is InChI=1S/C14H21FN2O2/c1-2-3-4-8-16-14(19)17-10-13(18)11-6-5-7-12(15)9-11/h5-7,9,13,18H,2-4,8,10H2,1H3,(H2,16,17,19)/t13-/m1/s1. The van der Waals surface area contributed by atoms with Crippen LogP contribution in [0.5, 0.6) is 0 Å². The summed E-state index contributed by atoms with van der Waals surface area (Å²) in [6.07, 6.45) is 2.21. The number of carbonyl (C=O) groups excluding carboxylic acids is 1. The van der Waals surface area contributed by atoms with Gasteiger partial charge < -0.3 is 15.7 Å². The Morgan fingerprint density at radius 3 is 2.84 bits per heavy atom. The summed E-state index contributed by atoms with van der Waals surface area (Å²) in [6.45, 7) is 2.77. The van der Waals surface area contributed by atoms with Crippen LogP contribution in [0.3, 0.4) is 0 Å². The molecule has 0 aliphatic heterocycles. The fourth-order valence-corrected chi connectivity index (χ4v) is 1.66. The molecule has 1 atom stereocenters. The Morgan fingerprint density at radius 2 is 2.16 bits per heavy atom. The number of halogens is 1. The Hall–Kier alpha value is -1.62. The van der Waals surface area contributed by atoms with E-state index >= 15 is 0 Å². The van der Waals surface area contributed by atoms with Crippen LogP contribution in [0.2, 0.25) is 0 Å². The van der Waals surface area contributed by atoms with E-state index in [0.29, 0.717) is 12.1 Å². The summed E-state index contributed by atoms with van der Waals surface area (Å²) < 4.78 is 13.0. The van der Waals surface area contributed by atoms with Crippen molar-refractivity contribution >= 4 is 6.03 Å². The number of amides is 2. The smallest absolute Gasteiger partial charge is 0.314 e. The van der Waals surface area contributed by atoms with Gasteiger partial charge in [0.05, 0.1) is 6.10 Å². The Bertz CT molecular complexity index is 399. The Morgan fingerprint density at radius 1 is 1.37 bits per heavy atom. The molecule has 1 aromatic rings. The molecule has 0 aliphatic carbocycles. The summed E-state index contributed by atoms with van der Waals surface area (Å²) in [5.41, 5.74) is 0.450.